The largest absolute Gasteiger partial charge is 0.452 e. The summed E-state index contributed by atoms with van der Waals surface area (Å²) in [7, 11) is 0. The van der Waals surface area contributed by atoms with Crippen molar-refractivity contribution in [2.45, 2.75) is 32.6 Å². The lowest BCUT2D eigenvalue weighted by molar-refractivity contribution is -0.150. The molecule has 0 aliphatic heterocycles. The predicted molar refractivity (Wildman–Crippen MR) is 92.8 cm³/mol. The van der Waals surface area contributed by atoms with Crippen molar-refractivity contribution >= 4 is 29.3 Å². The van der Waals surface area contributed by atoms with Gasteiger partial charge in [-0.05, 0) is 32.9 Å². The fraction of sp³-hybridized carbons (Fsp3) is 0.353. The molecule has 0 aliphatic carbocycles. The van der Waals surface area contributed by atoms with Crippen LogP contribution in [0, 0.1) is 13.8 Å². The SMILES string of the molecule is Cc1noc(C)c1CSCC(=O)O[C@@H](C)C(=O)Nc1ccccc1. The molecule has 0 fully saturated rings. The number of rotatable bonds is 7. The molecule has 0 aliphatic rings. The Balaban J connectivity index is 1.74. The highest BCUT2D eigenvalue weighted by Gasteiger charge is 2.18. The van der Waals surface area contributed by atoms with Crippen LogP contribution in [0.2, 0.25) is 0 Å². The van der Waals surface area contributed by atoms with Crippen molar-refractivity contribution in [1.29, 1.82) is 0 Å². The minimum Gasteiger partial charge on any atom is -0.452 e. The normalized spacial score (nSPS) is 11.8. The Hall–Kier alpha value is -2.28. The number of carbonyl (C=O) groups excluding carboxylic acids is 2. The lowest BCUT2D eigenvalue weighted by Crippen LogP contribution is -2.30. The molecule has 6 nitrogen and oxygen atoms in total. The quantitative estimate of drug-likeness (QED) is 0.774. The number of aryl methyl sites for hydroxylation is 2. The Kier molecular flexibility index (Phi) is 6.43. The number of carbonyl (C=O) groups is 2. The third-order valence-corrected chi connectivity index (χ3v) is 4.30. The van der Waals surface area contributed by atoms with Gasteiger partial charge in [-0.3, -0.25) is 9.59 Å². The van der Waals surface area contributed by atoms with Gasteiger partial charge >= 0.3 is 5.97 Å². The average Bonchev–Trinajstić information content (AvgIpc) is 2.87. The molecule has 2 aromatic rings. The summed E-state index contributed by atoms with van der Waals surface area (Å²) in [5, 5.41) is 6.56. The first kappa shape index (κ1) is 18.1. The second-order valence-corrected chi connectivity index (χ2v) is 6.27. The van der Waals surface area contributed by atoms with Crippen molar-refractivity contribution in [3.8, 4) is 0 Å². The molecular weight excluding hydrogens is 328 g/mol. The maximum Gasteiger partial charge on any atom is 0.316 e. The van der Waals surface area contributed by atoms with Crippen molar-refractivity contribution in [3.63, 3.8) is 0 Å². The summed E-state index contributed by atoms with van der Waals surface area (Å²) in [4.78, 5) is 23.8. The molecule has 1 heterocycles. The van der Waals surface area contributed by atoms with Gasteiger partial charge in [0.15, 0.2) is 6.10 Å². The van der Waals surface area contributed by atoms with Gasteiger partial charge in [0.25, 0.3) is 5.91 Å². The molecule has 0 unspecified atom stereocenters. The molecule has 24 heavy (non-hydrogen) atoms. The van der Waals surface area contributed by atoms with Crippen molar-refractivity contribution in [2.75, 3.05) is 11.1 Å². The monoisotopic (exact) mass is 348 g/mol. The topological polar surface area (TPSA) is 81.4 Å². The maximum absolute atomic E-state index is 12.0. The van der Waals surface area contributed by atoms with E-state index in [1.165, 1.54) is 11.8 Å². The number of anilines is 1. The first-order valence-corrected chi connectivity index (χ1v) is 8.67. The number of benzene rings is 1. The first-order chi connectivity index (χ1) is 11.5. The van der Waals surface area contributed by atoms with Gasteiger partial charge in [-0.25, -0.2) is 0 Å². The zero-order valence-corrected chi connectivity index (χ0v) is 14.7. The number of thioether (sulfide) groups is 1. The van der Waals surface area contributed by atoms with E-state index in [-0.39, 0.29) is 11.7 Å². The summed E-state index contributed by atoms with van der Waals surface area (Å²) in [5.41, 5.74) is 2.48. The van der Waals surface area contributed by atoms with E-state index < -0.39 is 12.1 Å². The first-order valence-electron chi connectivity index (χ1n) is 7.52. The fourth-order valence-electron chi connectivity index (χ4n) is 1.99. The van der Waals surface area contributed by atoms with Gasteiger partial charge in [0.1, 0.15) is 5.76 Å². The molecule has 0 radical (unpaired) electrons. The van der Waals surface area contributed by atoms with E-state index in [4.69, 9.17) is 9.26 Å². The van der Waals surface area contributed by atoms with Crippen molar-refractivity contribution < 1.29 is 18.8 Å². The number of amides is 1. The van der Waals surface area contributed by atoms with E-state index in [1.807, 2.05) is 32.0 Å². The van der Waals surface area contributed by atoms with Crippen LogP contribution in [0.15, 0.2) is 34.9 Å². The van der Waals surface area contributed by atoms with Gasteiger partial charge in [0.05, 0.1) is 11.4 Å². The van der Waals surface area contributed by atoms with Crippen LogP contribution in [0.3, 0.4) is 0 Å². The van der Waals surface area contributed by atoms with Gasteiger partial charge in [-0.1, -0.05) is 23.4 Å². The maximum atomic E-state index is 12.0. The summed E-state index contributed by atoms with van der Waals surface area (Å²) in [6, 6.07) is 9.03. The molecule has 1 amide bonds. The number of nitrogens with one attached hydrogen (secondary N) is 1. The number of para-hydroxylation sites is 1. The minimum atomic E-state index is -0.850. The molecule has 2 rings (SSSR count). The number of hydrogen-bond donors (Lipinski definition) is 1. The summed E-state index contributed by atoms with van der Waals surface area (Å²) >= 11 is 1.40. The lowest BCUT2D eigenvalue weighted by Gasteiger charge is -2.13. The highest BCUT2D eigenvalue weighted by molar-refractivity contribution is 7.99. The molecule has 1 atom stereocenters. The van der Waals surface area contributed by atoms with E-state index in [2.05, 4.69) is 10.5 Å². The molecule has 0 spiro atoms. The zero-order chi connectivity index (χ0) is 17.5. The fourth-order valence-corrected chi connectivity index (χ4v) is 2.95. The van der Waals surface area contributed by atoms with Gasteiger partial charge in [0.2, 0.25) is 0 Å². The molecule has 0 bridgehead atoms. The molecule has 1 aromatic carbocycles. The van der Waals surface area contributed by atoms with Gasteiger partial charge in [-0.2, -0.15) is 0 Å². The van der Waals surface area contributed by atoms with E-state index in [0.717, 1.165) is 17.0 Å². The van der Waals surface area contributed by atoms with Gasteiger partial charge in [-0.15, -0.1) is 11.8 Å². The van der Waals surface area contributed by atoms with Gasteiger partial charge in [0, 0.05) is 17.0 Å². The highest BCUT2D eigenvalue weighted by atomic mass is 32.2. The zero-order valence-electron chi connectivity index (χ0n) is 13.9. The highest BCUT2D eigenvalue weighted by Crippen LogP contribution is 2.19. The van der Waals surface area contributed by atoms with Crippen molar-refractivity contribution in [2.24, 2.45) is 0 Å². The van der Waals surface area contributed by atoms with Crippen LogP contribution in [0.25, 0.3) is 0 Å². The Morgan fingerprint density at radius 3 is 2.62 bits per heavy atom. The third-order valence-electron chi connectivity index (χ3n) is 3.37. The second kappa shape index (κ2) is 8.54. The lowest BCUT2D eigenvalue weighted by atomic mass is 10.2. The van der Waals surface area contributed by atoms with Crippen LogP contribution in [-0.4, -0.2) is 28.9 Å². The molecule has 1 N–H and O–H groups in total. The standard InChI is InChI=1S/C17H20N2O4S/c1-11-15(12(2)23-19-11)9-24-10-16(20)22-13(3)17(21)18-14-7-5-4-6-8-14/h4-8,13H,9-10H2,1-3H3,(H,18,21)/t13-/m0/s1. The number of aromatic nitrogens is 1. The van der Waals surface area contributed by atoms with Crippen LogP contribution >= 0.6 is 11.8 Å². The van der Waals surface area contributed by atoms with Crippen LogP contribution in [-0.2, 0) is 20.1 Å². The molecule has 0 saturated carbocycles. The Morgan fingerprint density at radius 1 is 1.29 bits per heavy atom. The Bertz CT molecular complexity index is 680. The predicted octanol–water partition coefficient (Wildman–Crippen LogP) is 3.10. The Morgan fingerprint density at radius 2 is 2.00 bits per heavy atom. The molecule has 7 heteroatoms. The third kappa shape index (κ3) is 5.13. The van der Waals surface area contributed by atoms with Gasteiger partial charge < -0.3 is 14.6 Å². The molecule has 1 aromatic heterocycles. The van der Waals surface area contributed by atoms with Crippen LogP contribution < -0.4 is 5.32 Å². The smallest absolute Gasteiger partial charge is 0.316 e. The number of hydrogen-bond acceptors (Lipinski definition) is 6. The van der Waals surface area contributed by atoms with Crippen molar-refractivity contribution in [3.05, 3.63) is 47.3 Å². The summed E-state index contributed by atoms with van der Waals surface area (Å²) < 4.78 is 10.2. The van der Waals surface area contributed by atoms with Crippen LogP contribution in [0.4, 0.5) is 5.69 Å². The second-order valence-electron chi connectivity index (χ2n) is 5.28. The van der Waals surface area contributed by atoms with E-state index in [1.54, 1.807) is 19.1 Å². The van der Waals surface area contributed by atoms with E-state index >= 15 is 0 Å². The summed E-state index contributed by atoms with van der Waals surface area (Å²) in [5.74, 6) is 0.741. The van der Waals surface area contributed by atoms with E-state index in [9.17, 15) is 9.59 Å². The summed E-state index contributed by atoms with van der Waals surface area (Å²) in [6.07, 6.45) is -0.850. The average molecular weight is 348 g/mol. The van der Waals surface area contributed by atoms with Crippen molar-refractivity contribution in [1.82, 2.24) is 5.16 Å². The molecule has 0 saturated heterocycles. The molecule has 128 valence electrons. The van der Waals surface area contributed by atoms with Crippen LogP contribution in [0.1, 0.15) is 23.9 Å². The summed E-state index contributed by atoms with van der Waals surface area (Å²) in [6.45, 7) is 5.25. The number of nitrogens with zero attached hydrogens (tertiary/aromatic N) is 1. The number of ether oxygens (including phenoxy) is 1. The minimum absolute atomic E-state index is 0.160. The molecular formula is C17H20N2O4S. The van der Waals surface area contributed by atoms with E-state index in [0.29, 0.717) is 11.4 Å². The Labute approximate surface area is 144 Å². The van der Waals surface area contributed by atoms with Crippen LogP contribution in [0.5, 0.6) is 0 Å². The number of esters is 1.